The Balaban J connectivity index is 1.72. The second-order valence-electron chi connectivity index (χ2n) is 5.92. The molecule has 2 fully saturated rings. The van der Waals surface area contributed by atoms with E-state index < -0.39 is 0 Å². The number of rotatable bonds is 5. The van der Waals surface area contributed by atoms with Crippen LogP contribution < -0.4 is 0 Å². The second-order valence-corrected chi connectivity index (χ2v) is 6.22. The molecule has 2 rings (SSSR count). The summed E-state index contributed by atoms with van der Waals surface area (Å²) in [5.74, 6) is 4.57. The third kappa shape index (κ3) is 2.88. The molecule has 0 aromatic rings. The predicted octanol–water partition coefficient (Wildman–Crippen LogP) is 3.23. The molecule has 0 radical (unpaired) electrons. The minimum Gasteiger partial charge on any atom is -0.306 e. The van der Waals surface area contributed by atoms with Crippen molar-refractivity contribution in [3.63, 3.8) is 0 Å². The van der Waals surface area contributed by atoms with Crippen molar-refractivity contribution in [1.82, 2.24) is 4.90 Å². The fourth-order valence-electron chi connectivity index (χ4n) is 3.66. The summed E-state index contributed by atoms with van der Waals surface area (Å²) < 4.78 is 0. The highest BCUT2D eigenvalue weighted by atomic mass is 35.5. The van der Waals surface area contributed by atoms with E-state index in [1.807, 2.05) is 0 Å². The third-order valence-electron chi connectivity index (χ3n) is 4.32. The number of halogens is 1. The minimum atomic E-state index is 0.634. The van der Waals surface area contributed by atoms with E-state index in [1.54, 1.807) is 0 Å². The minimum absolute atomic E-state index is 0.634. The molecule has 0 aliphatic heterocycles. The van der Waals surface area contributed by atoms with Crippen LogP contribution in [0.25, 0.3) is 0 Å². The Bertz CT molecular complexity index is 207. The van der Waals surface area contributed by atoms with Gasteiger partial charge in [0.25, 0.3) is 0 Å². The first-order valence-corrected chi connectivity index (χ1v) is 6.97. The van der Waals surface area contributed by atoms with Crippen LogP contribution in [0.4, 0.5) is 0 Å². The second kappa shape index (κ2) is 5.05. The molecule has 1 nitrogen and oxygen atoms in total. The van der Waals surface area contributed by atoms with Gasteiger partial charge in [0.1, 0.15) is 0 Å². The molecule has 2 aliphatic carbocycles. The molecule has 2 saturated carbocycles. The monoisotopic (exact) mass is 229 g/mol. The maximum Gasteiger partial charge on any atom is 0.0261 e. The standard InChI is InChI=1S/C13H24ClN/c1-10(7-14)8-15(2)9-13-6-11-3-4-12(13)5-11/h10-13H,3-9H2,1-2H3. The molecule has 0 N–H and O–H groups in total. The van der Waals surface area contributed by atoms with Crippen LogP contribution in [0.2, 0.25) is 0 Å². The Hall–Kier alpha value is 0.250. The van der Waals surface area contributed by atoms with Crippen molar-refractivity contribution >= 4 is 11.6 Å². The molecule has 2 aliphatic rings. The number of alkyl halides is 1. The molecule has 0 heterocycles. The van der Waals surface area contributed by atoms with E-state index >= 15 is 0 Å². The first-order chi connectivity index (χ1) is 7.19. The van der Waals surface area contributed by atoms with Crippen LogP contribution in [0.5, 0.6) is 0 Å². The van der Waals surface area contributed by atoms with Crippen molar-refractivity contribution in [2.45, 2.75) is 32.6 Å². The molecule has 0 amide bonds. The SMILES string of the molecule is CC(CCl)CN(C)CC1CC2CCC1C2. The van der Waals surface area contributed by atoms with Crippen LogP contribution >= 0.6 is 11.6 Å². The molecule has 0 aromatic carbocycles. The summed E-state index contributed by atoms with van der Waals surface area (Å²) in [6, 6.07) is 0. The van der Waals surface area contributed by atoms with Gasteiger partial charge in [-0.05, 0) is 50.0 Å². The van der Waals surface area contributed by atoms with Crippen molar-refractivity contribution in [2.75, 3.05) is 26.0 Å². The molecule has 0 aromatic heterocycles. The number of fused-ring (bicyclic) bond motifs is 2. The van der Waals surface area contributed by atoms with Crippen molar-refractivity contribution in [3.05, 3.63) is 0 Å². The summed E-state index contributed by atoms with van der Waals surface area (Å²) in [6.45, 7) is 4.71. The topological polar surface area (TPSA) is 3.24 Å². The highest BCUT2D eigenvalue weighted by Crippen LogP contribution is 2.48. The van der Waals surface area contributed by atoms with Gasteiger partial charge in [-0.25, -0.2) is 0 Å². The Morgan fingerprint density at radius 2 is 2.13 bits per heavy atom. The summed E-state index contributed by atoms with van der Waals surface area (Å²) in [5, 5.41) is 0. The van der Waals surface area contributed by atoms with Gasteiger partial charge in [-0.3, -0.25) is 0 Å². The van der Waals surface area contributed by atoms with E-state index in [1.165, 1.54) is 32.2 Å². The first kappa shape index (κ1) is 11.7. The van der Waals surface area contributed by atoms with E-state index in [9.17, 15) is 0 Å². The van der Waals surface area contributed by atoms with E-state index in [2.05, 4.69) is 18.9 Å². The molecule has 2 bridgehead atoms. The van der Waals surface area contributed by atoms with Gasteiger partial charge in [0.2, 0.25) is 0 Å². The highest BCUT2D eigenvalue weighted by molar-refractivity contribution is 6.18. The van der Waals surface area contributed by atoms with E-state index in [4.69, 9.17) is 11.6 Å². The van der Waals surface area contributed by atoms with Crippen molar-refractivity contribution < 1.29 is 0 Å². The fraction of sp³-hybridized carbons (Fsp3) is 1.00. The van der Waals surface area contributed by atoms with Crippen LogP contribution in [0.1, 0.15) is 32.6 Å². The maximum atomic E-state index is 5.85. The normalized spacial score (nSPS) is 36.4. The molecule has 0 saturated heterocycles. The third-order valence-corrected chi connectivity index (χ3v) is 4.84. The molecular formula is C13H24ClN. The van der Waals surface area contributed by atoms with Crippen molar-refractivity contribution in [2.24, 2.45) is 23.7 Å². The predicted molar refractivity (Wildman–Crippen MR) is 66.3 cm³/mol. The van der Waals surface area contributed by atoms with Crippen LogP contribution in [0.15, 0.2) is 0 Å². The van der Waals surface area contributed by atoms with E-state index in [0.717, 1.165) is 30.2 Å². The van der Waals surface area contributed by atoms with Crippen molar-refractivity contribution in [1.29, 1.82) is 0 Å². The van der Waals surface area contributed by atoms with Crippen LogP contribution in [-0.2, 0) is 0 Å². The van der Waals surface area contributed by atoms with Gasteiger partial charge >= 0.3 is 0 Å². The quantitative estimate of drug-likeness (QED) is 0.655. The number of hydrogen-bond donors (Lipinski definition) is 0. The average molecular weight is 230 g/mol. The Labute approximate surface area is 99.2 Å². The molecule has 88 valence electrons. The summed E-state index contributed by atoms with van der Waals surface area (Å²) in [7, 11) is 2.26. The van der Waals surface area contributed by atoms with Crippen LogP contribution in [0, 0.1) is 23.7 Å². The smallest absolute Gasteiger partial charge is 0.0261 e. The Morgan fingerprint density at radius 3 is 2.67 bits per heavy atom. The van der Waals surface area contributed by atoms with Gasteiger partial charge in [0.05, 0.1) is 0 Å². The van der Waals surface area contributed by atoms with Gasteiger partial charge in [-0.2, -0.15) is 0 Å². The summed E-state index contributed by atoms with van der Waals surface area (Å²) >= 11 is 5.85. The maximum absolute atomic E-state index is 5.85. The van der Waals surface area contributed by atoms with E-state index in [0.29, 0.717) is 5.92 Å². The lowest BCUT2D eigenvalue weighted by atomic mass is 9.88. The zero-order valence-electron chi connectivity index (χ0n) is 10.1. The first-order valence-electron chi connectivity index (χ1n) is 6.43. The van der Waals surface area contributed by atoms with Gasteiger partial charge in [0.15, 0.2) is 0 Å². The molecular weight excluding hydrogens is 206 g/mol. The number of nitrogens with zero attached hydrogens (tertiary/aromatic N) is 1. The largest absolute Gasteiger partial charge is 0.306 e. The summed E-state index contributed by atoms with van der Waals surface area (Å²) in [5.41, 5.74) is 0. The fourth-order valence-corrected chi connectivity index (χ4v) is 3.75. The lowest BCUT2D eigenvalue weighted by Crippen LogP contribution is -2.32. The van der Waals surface area contributed by atoms with Gasteiger partial charge in [0, 0.05) is 19.0 Å². The molecule has 0 spiro atoms. The molecule has 2 heteroatoms. The molecule has 4 atom stereocenters. The lowest BCUT2D eigenvalue weighted by Gasteiger charge is -2.28. The van der Waals surface area contributed by atoms with Gasteiger partial charge in [-0.1, -0.05) is 13.3 Å². The molecule has 4 unspecified atom stereocenters. The van der Waals surface area contributed by atoms with Crippen LogP contribution in [0.3, 0.4) is 0 Å². The zero-order valence-corrected chi connectivity index (χ0v) is 10.8. The van der Waals surface area contributed by atoms with E-state index in [-0.39, 0.29) is 0 Å². The van der Waals surface area contributed by atoms with Crippen LogP contribution in [-0.4, -0.2) is 30.9 Å². The van der Waals surface area contributed by atoms with Crippen molar-refractivity contribution in [3.8, 4) is 0 Å². The summed E-state index contributed by atoms with van der Waals surface area (Å²) in [4.78, 5) is 2.50. The lowest BCUT2D eigenvalue weighted by molar-refractivity contribution is 0.205. The number of hydrogen-bond acceptors (Lipinski definition) is 1. The highest BCUT2D eigenvalue weighted by Gasteiger charge is 2.39. The Morgan fingerprint density at radius 1 is 1.33 bits per heavy atom. The molecule has 15 heavy (non-hydrogen) atoms. The summed E-state index contributed by atoms with van der Waals surface area (Å²) in [6.07, 6.45) is 6.06. The average Bonchev–Trinajstić information content (AvgIpc) is 2.78. The zero-order chi connectivity index (χ0) is 10.8. The van der Waals surface area contributed by atoms with Gasteiger partial charge in [-0.15, -0.1) is 11.6 Å². The Kier molecular flexibility index (Phi) is 3.95. The van der Waals surface area contributed by atoms with Gasteiger partial charge < -0.3 is 4.90 Å².